The molecule has 0 amide bonds. The number of hydrogen-bond donors (Lipinski definition) is 2. The van der Waals surface area contributed by atoms with Crippen molar-refractivity contribution in [2.45, 2.75) is 84.7 Å². The van der Waals surface area contributed by atoms with Gasteiger partial charge in [0, 0.05) is 11.6 Å². The molecule has 0 spiro atoms. The van der Waals surface area contributed by atoms with Crippen molar-refractivity contribution in [2.75, 3.05) is 26.2 Å². The summed E-state index contributed by atoms with van der Waals surface area (Å²) in [6.45, 7) is 15.2. The fraction of sp³-hybridized carbons (Fsp3) is 1.00. The van der Waals surface area contributed by atoms with Crippen LogP contribution in [0.4, 0.5) is 0 Å². The first kappa shape index (κ1) is 18.9. The van der Waals surface area contributed by atoms with Crippen LogP contribution in [0.15, 0.2) is 0 Å². The summed E-state index contributed by atoms with van der Waals surface area (Å²) < 4.78 is 0. The van der Waals surface area contributed by atoms with Crippen molar-refractivity contribution >= 4 is 0 Å². The normalized spacial score (nSPS) is 23.0. The lowest BCUT2D eigenvalue weighted by atomic mass is 9.85. The molecular weight excluding hydrogens is 260 g/mol. The standard InChI is InChI=1S/C18H38N2O/c1-6-18(15-21,19-16(2)3)10-8-13-20-12-7-9-17(4,5)11-14-20/h16,19,21H,6-15H2,1-5H3. The molecule has 126 valence electrons. The first-order valence-electron chi connectivity index (χ1n) is 8.93. The highest BCUT2D eigenvalue weighted by Crippen LogP contribution is 2.30. The SMILES string of the molecule is CCC(CO)(CCCN1CCCC(C)(C)CC1)NC(C)C. The summed E-state index contributed by atoms with van der Waals surface area (Å²) in [6.07, 6.45) is 7.24. The van der Waals surface area contributed by atoms with Gasteiger partial charge in [-0.2, -0.15) is 0 Å². The number of hydrogen-bond acceptors (Lipinski definition) is 3. The van der Waals surface area contributed by atoms with Gasteiger partial charge in [-0.15, -0.1) is 0 Å². The molecule has 1 unspecified atom stereocenters. The maximum absolute atomic E-state index is 9.80. The molecule has 0 aromatic rings. The van der Waals surface area contributed by atoms with Crippen LogP contribution in [-0.4, -0.2) is 47.8 Å². The summed E-state index contributed by atoms with van der Waals surface area (Å²) in [5.41, 5.74) is 0.436. The molecule has 0 aromatic heterocycles. The van der Waals surface area contributed by atoms with Crippen molar-refractivity contribution < 1.29 is 5.11 Å². The maximum Gasteiger partial charge on any atom is 0.0613 e. The lowest BCUT2D eigenvalue weighted by Crippen LogP contribution is -2.51. The summed E-state index contributed by atoms with van der Waals surface area (Å²) in [5, 5.41) is 13.4. The van der Waals surface area contributed by atoms with Gasteiger partial charge in [0.25, 0.3) is 0 Å². The zero-order chi connectivity index (χ0) is 15.9. The number of rotatable bonds is 8. The minimum Gasteiger partial charge on any atom is -0.394 e. The summed E-state index contributed by atoms with van der Waals surface area (Å²) in [5.74, 6) is 0. The first-order valence-corrected chi connectivity index (χ1v) is 8.93. The Balaban J connectivity index is 2.40. The molecule has 1 atom stereocenters. The predicted octanol–water partition coefficient (Wildman–Crippen LogP) is 3.42. The van der Waals surface area contributed by atoms with Crippen molar-refractivity contribution in [2.24, 2.45) is 5.41 Å². The maximum atomic E-state index is 9.80. The molecule has 0 aromatic carbocycles. The first-order chi connectivity index (χ1) is 9.82. The molecule has 21 heavy (non-hydrogen) atoms. The molecule has 0 bridgehead atoms. The monoisotopic (exact) mass is 298 g/mol. The van der Waals surface area contributed by atoms with Gasteiger partial charge in [0.2, 0.25) is 0 Å². The molecule has 1 aliphatic rings. The van der Waals surface area contributed by atoms with Crippen LogP contribution in [0, 0.1) is 5.41 Å². The van der Waals surface area contributed by atoms with Crippen LogP contribution >= 0.6 is 0 Å². The molecule has 2 N–H and O–H groups in total. The Hall–Kier alpha value is -0.120. The van der Waals surface area contributed by atoms with Gasteiger partial charge < -0.3 is 15.3 Å². The third-order valence-electron chi connectivity index (χ3n) is 5.14. The Bertz CT molecular complexity index is 285. The lowest BCUT2D eigenvalue weighted by molar-refractivity contribution is 0.130. The average molecular weight is 299 g/mol. The van der Waals surface area contributed by atoms with Gasteiger partial charge in [0.15, 0.2) is 0 Å². The number of aliphatic hydroxyl groups excluding tert-OH is 1. The Kier molecular flexibility index (Phi) is 7.66. The second-order valence-electron chi connectivity index (χ2n) is 8.05. The van der Waals surface area contributed by atoms with Crippen molar-refractivity contribution in [1.82, 2.24) is 10.2 Å². The van der Waals surface area contributed by atoms with Crippen LogP contribution in [-0.2, 0) is 0 Å². The van der Waals surface area contributed by atoms with Gasteiger partial charge in [-0.3, -0.25) is 0 Å². The molecule has 3 nitrogen and oxygen atoms in total. The highest BCUT2D eigenvalue weighted by molar-refractivity contribution is 4.88. The van der Waals surface area contributed by atoms with Crippen LogP contribution in [0.3, 0.4) is 0 Å². The second kappa shape index (κ2) is 8.50. The van der Waals surface area contributed by atoms with Crippen molar-refractivity contribution in [3.05, 3.63) is 0 Å². The fourth-order valence-electron chi connectivity index (χ4n) is 3.54. The number of aliphatic hydroxyl groups is 1. The van der Waals surface area contributed by atoms with Crippen molar-refractivity contribution in [3.63, 3.8) is 0 Å². The third-order valence-corrected chi connectivity index (χ3v) is 5.14. The average Bonchev–Trinajstić information content (AvgIpc) is 2.58. The van der Waals surface area contributed by atoms with E-state index in [1.807, 2.05) is 0 Å². The van der Waals surface area contributed by atoms with Gasteiger partial charge in [0.05, 0.1) is 6.61 Å². The number of nitrogens with zero attached hydrogens (tertiary/aromatic N) is 1. The van der Waals surface area contributed by atoms with Crippen LogP contribution in [0.5, 0.6) is 0 Å². The minimum atomic E-state index is -0.0840. The zero-order valence-corrected chi connectivity index (χ0v) is 15.0. The lowest BCUT2D eigenvalue weighted by Gasteiger charge is -2.35. The highest BCUT2D eigenvalue weighted by atomic mass is 16.3. The molecule has 1 aliphatic heterocycles. The minimum absolute atomic E-state index is 0.0840. The summed E-state index contributed by atoms with van der Waals surface area (Å²) in [7, 11) is 0. The summed E-state index contributed by atoms with van der Waals surface area (Å²) in [4.78, 5) is 2.63. The van der Waals surface area contributed by atoms with E-state index in [2.05, 4.69) is 44.8 Å². The van der Waals surface area contributed by atoms with Crippen LogP contribution < -0.4 is 5.32 Å². The number of nitrogens with one attached hydrogen (secondary N) is 1. The van der Waals surface area contributed by atoms with Crippen LogP contribution in [0.25, 0.3) is 0 Å². The second-order valence-corrected chi connectivity index (χ2v) is 8.05. The van der Waals surface area contributed by atoms with Crippen LogP contribution in [0.1, 0.15) is 73.1 Å². The molecule has 0 saturated carbocycles. The molecule has 0 radical (unpaired) electrons. The van der Waals surface area contributed by atoms with E-state index in [1.54, 1.807) is 0 Å². The van der Waals surface area contributed by atoms with Crippen molar-refractivity contribution in [3.8, 4) is 0 Å². The van der Waals surface area contributed by atoms with Gasteiger partial charge in [0.1, 0.15) is 0 Å². The zero-order valence-electron chi connectivity index (χ0n) is 15.0. The van der Waals surface area contributed by atoms with Gasteiger partial charge in [-0.25, -0.2) is 0 Å². The summed E-state index contributed by atoms with van der Waals surface area (Å²) in [6, 6.07) is 0.427. The predicted molar refractivity (Wildman–Crippen MR) is 91.7 cm³/mol. The number of likely N-dealkylation sites (tertiary alicyclic amines) is 1. The smallest absolute Gasteiger partial charge is 0.0613 e. The molecular formula is C18H38N2O. The molecule has 1 heterocycles. The Morgan fingerprint density at radius 3 is 2.52 bits per heavy atom. The molecule has 1 saturated heterocycles. The quantitative estimate of drug-likeness (QED) is 0.721. The Labute approximate surface area is 132 Å². The van der Waals surface area contributed by atoms with E-state index in [0.717, 1.165) is 12.8 Å². The molecule has 1 fully saturated rings. The molecule has 1 rings (SSSR count). The van der Waals surface area contributed by atoms with Gasteiger partial charge >= 0.3 is 0 Å². The third kappa shape index (κ3) is 6.66. The van der Waals surface area contributed by atoms with E-state index >= 15 is 0 Å². The van der Waals surface area contributed by atoms with Crippen LogP contribution in [0.2, 0.25) is 0 Å². The van der Waals surface area contributed by atoms with Crippen molar-refractivity contribution in [1.29, 1.82) is 0 Å². The topological polar surface area (TPSA) is 35.5 Å². The largest absolute Gasteiger partial charge is 0.394 e. The van der Waals surface area contributed by atoms with E-state index in [-0.39, 0.29) is 12.1 Å². The van der Waals surface area contributed by atoms with E-state index in [9.17, 15) is 5.11 Å². The van der Waals surface area contributed by atoms with E-state index < -0.39 is 0 Å². The molecule has 3 heteroatoms. The Morgan fingerprint density at radius 2 is 1.95 bits per heavy atom. The highest BCUT2D eigenvalue weighted by Gasteiger charge is 2.28. The Morgan fingerprint density at radius 1 is 1.24 bits per heavy atom. The van der Waals surface area contributed by atoms with Gasteiger partial charge in [-0.1, -0.05) is 34.6 Å². The summed E-state index contributed by atoms with van der Waals surface area (Å²) >= 11 is 0. The van der Waals surface area contributed by atoms with Gasteiger partial charge in [-0.05, 0) is 63.6 Å². The fourth-order valence-corrected chi connectivity index (χ4v) is 3.54. The van der Waals surface area contributed by atoms with E-state index in [4.69, 9.17) is 0 Å². The van der Waals surface area contributed by atoms with E-state index in [1.165, 1.54) is 45.3 Å². The molecule has 0 aliphatic carbocycles. The van der Waals surface area contributed by atoms with E-state index in [0.29, 0.717) is 11.5 Å².